The summed E-state index contributed by atoms with van der Waals surface area (Å²) in [6, 6.07) is 13.6. The second kappa shape index (κ2) is 7.11. The van der Waals surface area contributed by atoms with Gasteiger partial charge in [-0.3, -0.25) is 4.79 Å². The molecule has 3 heterocycles. The van der Waals surface area contributed by atoms with Gasteiger partial charge in [-0.25, -0.2) is 4.98 Å². The zero-order chi connectivity index (χ0) is 20.7. The van der Waals surface area contributed by atoms with Crippen molar-refractivity contribution in [2.45, 2.75) is 6.42 Å². The van der Waals surface area contributed by atoms with Crippen molar-refractivity contribution in [1.29, 1.82) is 0 Å². The molecule has 2 aromatic heterocycles. The minimum absolute atomic E-state index is 0.158. The average molecular weight is 400 g/mol. The van der Waals surface area contributed by atoms with Gasteiger partial charge in [0.2, 0.25) is 0 Å². The molecule has 1 aliphatic heterocycles. The molecule has 0 atom stereocenters. The van der Waals surface area contributed by atoms with Gasteiger partial charge in [0.15, 0.2) is 0 Å². The Bertz CT molecular complexity index is 1280. The number of hydrogen-bond acceptors (Lipinski definition) is 4. The Labute approximate surface area is 172 Å². The molecule has 150 valence electrons. The van der Waals surface area contributed by atoms with Crippen LogP contribution in [-0.2, 0) is 11.2 Å². The maximum Gasteiger partial charge on any atom is 0.256 e. The van der Waals surface area contributed by atoms with Gasteiger partial charge in [0.25, 0.3) is 5.91 Å². The topological polar surface area (TPSA) is 92.0 Å². The van der Waals surface area contributed by atoms with E-state index in [-0.39, 0.29) is 5.91 Å². The number of carbonyl (C=O) groups excluding carboxylic acids is 1. The minimum Gasteiger partial charge on any atom is -0.497 e. The van der Waals surface area contributed by atoms with E-state index < -0.39 is 0 Å². The first-order valence-corrected chi connectivity index (χ1v) is 9.55. The highest BCUT2D eigenvalue weighted by Gasteiger charge is 2.28. The Balaban J connectivity index is 1.56. The van der Waals surface area contributed by atoms with Gasteiger partial charge in [0.05, 0.1) is 42.2 Å². The van der Waals surface area contributed by atoms with Crippen LogP contribution in [0.5, 0.6) is 11.5 Å². The van der Waals surface area contributed by atoms with Crippen LogP contribution in [0.15, 0.2) is 48.7 Å². The van der Waals surface area contributed by atoms with Crippen molar-refractivity contribution >= 4 is 34.3 Å². The number of carbonyl (C=O) groups is 1. The summed E-state index contributed by atoms with van der Waals surface area (Å²) in [4.78, 5) is 24.0. The number of fused-ring (bicyclic) bond motifs is 3. The summed E-state index contributed by atoms with van der Waals surface area (Å²) in [6.07, 6.45) is 4.23. The molecule has 7 nitrogen and oxygen atoms in total. The average Bonchev–Trinajstić information content (AvgIpc) is 3.45. The fourth-order valence-electron chi connectivity index (χ4n) is 3.77. The highest BCUT2D eigenvalue weighted by Crippen LogP contribution is 2.38. The number of nitrogens with one attached hydrogen (secondary N) is 3. The number of imidazole rings is 1. The predicted molar refractivity (Wildman–Crippen MR) is 116 cm³/mol. The number of ether oxygens (including phenoxy) is 2. The first-order valence-electron chi connectivity index (χ1n) is 9.55. The highest BCUT2D eigenvalue weighted by molar-refractivity contribution is 6.37. The summed E-state index contributed by atoms with van der Waals surface area (Å²) in [5.41, 5.74) is 5.62. The number of aromatic nitrogens is 3. The monoisotopic (exact) mass is 400 g/mol. The first kappa shape index (κ1) is 18.1. The van der Waals surface area contributed by atoms with Crippen LogP contribution in [-0.4, -0.2) is 35.1 Å². The Kier molecular flexibility index (Phi) is 4.28. The number of nitrogens with zero attached hydrogens (tertiary/aromatic N) is 1. The van der Waals surface area contributed by atoms with Gasteiger partial charge in [-0.1, -0.05) is 12.1 Å². The Morgan fingerprint density at radius 3 is 2.63 bits per heavy atom. The fourth-order valence-corrected chi connectivity index (χ4v) is 3.77. The number of hydrogen-bond donors (Lipinski definition) is 3. The number of aromatic amines is 2. The molecular formula is C23H20N4O3. The van der Waals surface area contributed by atoms with E-state index in [1.165, 1.54) is 0 Å². The van der Waals surface area contributed by atoms with Crippen molar-refractivity contribution in [3.8, 4) is 11.5 Å². The second-order valence-electron chi connectivity index (χ2n) is 7.06. The lowest BCUT2D eigenvalue weighted by molar-refractivity contribution is -0.110. The lowest BCUT2D eigenvalue weighted by Gasteiger charge is -2.02. The van der Waals surface area contributed by atoms with E-state index in [9.17, 15) is 4.79 Å². The van der Waals surface area contributed by atoms with E-state index in [2.05, 4.69) is 15.3 Å². The fraction of sp³-hybridized carbons (Fsp3) is 0.130. The normalized spacial score (nSPS) is 14.2. The third kappa shape index (κ3) is 3.00. The largest absolute Gasteiger partial charge is 0.497 e. The minimum atomic E-state index is -0.158. The number of anilines is 1. The van der Waals surface area contributed by atoms with Crippen LogP contribution in [0.2, 0.25) is 0 Å². The molecule has 5 rings (SSSR count). The van der Waals surface area contributed by atoms with E-state index >= 15 is 0 Å². The molecule has 2 aromatic carbocycles. The van der Waals surface area contributed by atoms with Gasteiger partial charge < -0.3 is 24.8 Å². The maximum atomic E-state index is 12.7. The van der Waals surface area contributed by atoms with Crippen LogP contribution in [0.4, 0.5) is 5.69 Å². The summed E-state index contributed by atoms with van der Waals surface area (Å²) >= 11 is 0. The molecule has 0 aliphatic carbocycles. The molecular weight excluding hydrogens is 380 g/mol. The van der Waals surface area contributed by atoms with Crippen molar-refractivity contribution in [3.05, 3.63) is 71.3 Å². The third-order valence-electron chi connectivity index (χ3n) is 5.24. The van der Waals surface area contributed by atoms with Gasteiger partial charge in [-0.15, -0.1) is 0 Å². The number of benzene rings is 2. The van der Waals surface area contributed by atoms with Crippen molar-refractivity contribution < 1.29 is 14.3 Å². The summed E-state index contributed by atoms with van der Waals surface area (Å²) < 4.78 is 10.6. The van der Waals surface area contributed by atoms with Gasteiger partial charge in [0, 0.05) is 18.2 Å². The lowest BCUT2D eigenvalue weighted by Crippen LogP contribution is -2.03. The van der Waals surface area contributed by atoms with Crippen LogP contribution in [0.25, 0.3) is 22.7 Å². The van der Waals surface area contributed by atoms with Crippen LogP contribution in [0, 0.1) is 0 Å². The van der Waals surface area contributed by atoms with Crippen LogP contribution >= 0.6 is 0 Å². The molecule has 3 N–H and O–H groups in total. The lowest BCUT2D eigenvalue weighted by atomic mass is 10.0. The van der Waals surface area contributed by atoms with Crippen molar-refractivity contribution in [3.63, 3.8) is 0 Å². The molecule has 0 bridgehead atoms. The molecule has 30 heavy (non-hydrogen) atoms. The second-order valence-corrected chi connectivity index (χ2v) is 7.06. The van der Waals surface area contributed by atoms with Crippen LogP contribution in [0.1, 0.15) is 22.6 Å². The molecule has 1 aliphatic rings. The van der Waals surface area contributed by atoms with E-state index in [0.29, 0.717) is 17.7 Å². The molecule has 0 saturated heterocycles. The molecule has 7 heteroatoms. The standard InChI is InChI=1S/C23H20N4O3/c1-29-14-5-3-13(4-6-14)11-20-25-17-8-7-16-21(22(17)27-20)15(23(28)26-16)12-18-19(30-2)9-10-24-18/h3-10,12,24H,11H2,1-2H3,(H,25,27)(H,26,28)/b15-12-. The maximum absolute atomic E-state index is 12.7. The summed E-state index contributed by atoms with van der Waals surface area (Å²) in [6.45, 7) is 0. The summed E-state index contributed by atoms with van der Waals surface area (Å²) in [7, 11) is 3.25. The Hall–Kier alpha value is -4.00. The van der Waals surface area contributed by atoms with E-state index in [1.807, 2.05) is 42.5 Å². The van der Waals surface area contributed by atoms with Crippen LogP contribution < -0.4 is 14.8 Å². The third-order valence-corrected chi connectivity index (χ3v) is 5.24. The van der Waals surface area contributed by atoms with E-state index in [4.69, 9.17) is 14.5 Å². The molecule has 0 unspecified atom stereocenters. The zero-order valence-electron chi connectivity index (χ0n) is 16.6. The van der Waals surface area contributed by atoms with Gasteiger partial charge in [-0.05, 0) is 42.0 Å². The van der Waals surface area contributed by atoms with Gasteiger partial charge >= 0.3 is 0 Å². The van der Waals surface area contributed by atoms with Gasteiger partial charge in [0.1, 0.15) is 17.3 Å². The number of methoxy groups -OCH3 is 2. The Morgan fingerprint density at radius 2 is 1.87 bits per heavy atom. The summed E-state index contributed by atoms with van der Waals surface area (Å²) in [5, 5.41) is 2.93. The molecule has 0 saturated carbocycles. The molecule has 0 radical (unpaired) electrons. The molecule has 1 amide bonds. The summed E-state index contributed by atoms with van der Waals surface area (Å²) in [5.74, 6) is 2.17. The predicted octanol–water partition coefficient (Wildman–Crippen LogP) is 3.99. The molecule has 0 fully saturated rings. The van der Waals surface area contributed by atoms with E-state index in [1.54, 1.807) is 26.5 Å². The number of H-pyrrole nitrogens is 2. The van der Waals surface area contributed by atoms with Crippen molar-refractivity contribution in [2.24, 2.45) is 0 Å². The van der Waals surface area contributed by atoms with Crippen molar-refractivity contribution in [2.75, 3.05) is 19.5 Å². The number of amides is 1. The quantitative estimate of drug-likeness (QED) is 0.442. The van der Waals surface area contributed by atoms with Gasteiger partial charge in [-0.2, -0.15) is 0 Å². The first-order chi connectivity index (χ1) is 14.7. The highest BCUT2D eigenvalue weighted by atomic mass is 16.5. The number of rotatable bonds is 5. The zero-order valence-corrected chi connectivity index (χ0v) is 16.6. The van der Waals surface area contributed by atoms with Crippen LogP contribution in [0.3, 0.4) is 0 Å². The Morgan fingerprint density at radius 1 is 1.03 bits per heavy atom. The smallest absolute Gasteiger partial charge is 0.256 e. The molecule has 4 aromatic rings. The SMILES string of the molecule is COc1ccc(Cc2nc3c4c(ccc3[nH]2)NC(=O)/C4=C\c2[nH]ccc2OC)cc1. The van der Waals surface area contributed by atoms with Crippen molar-refractivity contribution in [1.82, 2.24) is 15.0 Å². The van der Waals surface area contributed by atoms with E-state index in [0.717, 1.165) is 45.1 Å². The molecule has 0 spiro atoms.